The maximum absolute atomic E-state index is 6.56. The summed E-state index contributed by atoms with van der Waals surface area (Å²) in [5, 5.41) is 10.3. The number of halogens is 3. The predicted octanol–water partition coefficient (Wildman–Crippen LogP) is 6.63. The molecule has 0 spiro atoms. The highest BCUT2D eigenvalue weighted by Gasteiger charge is 2.39. The van der Waals surface area contributed by atoms with Gasteiger partial charge in [-0.05, 0) is 48.7 Å². The number of hydrogen-bond donors (Lipinski definition) is 1. The Hall–Kier alpha value is -1.18. The van der Waals surface area contributed by atoms with Gasteiger partial charge in [0.05, 0.1) is 16.8 Å². The van der Waals surface area contributed by atoms with Crippen LogP contribution in [0.4, 0.5) is 5.69 Å². The normalized spacial score (nSPS) is 22.1. The van der Waals surface area contributed by atoms with Gasteiger partial charge < -0.3 is 5.43 Å². The summed E-state index contributed by atoms with van der Waals surface area (Å²) < 4.78 is 1.04. The van der Waals surface area contributed by atoms with E-state index in [4.69, 9.17) is 40.5 Å². The van der Waals surface area contributed by atoms with Gasteiger partial charge in [-0.2, -0.15) is 5.10 Å². The highest BCUT2D eigenvalue weighted by Crippen LogP contribution is 2.42. The van der Waals surface area contributed by atoms with Gasteiger partial charge in [0.2, 0.25) is 0 Å². The first-order valence-electron chi connectivity index (χ1n) is 10.1. The van der Waals surface area contributed by atoms with Gasteiger partial charge in [-0.25, -0.2) is 5.01 Å². The minimum absolute atomic E-state index is 0.0205. The Labute approximate surface area is 201 Å². The number of hydrazine groups is 1. The van der Waals surface area contributed by atoms with Crippen LogP contribution in [0.5, 0.6) is 0 Å². The standard InChI is InChI=1S/C22H23BrCl2N4S/c1-14-20(22(30)27-28-11-3-2-4-12-28)26-29(19-10-9-17(24)13-18(19)25)21(14)15-5-7-16(23)8-6-15/h5-10,13-14,21H,2-4,11-12H2,1H3,(H,27,30)/t14-,21-/m0/s1. The second kappa shape index (κ2) is 9.53. The lowest BCUT2D eigenvalue weighted by molar-refractivity contribution is 0.197. The molecule has 8 heteroatoms. The van der Waals surface area contributed by atoms with Crippen LogP contribution in [0.3, 0.4) is 0 Å². The highest BCUT2D eigenvalue weighted by atomic mass is 79.9. The number of rotatable bonds is 4. The SMILES string of the molecule is C[C@H]1C(C(=S)NN2CCCCC2)=NN(c2ccc(Cl)cc2Cl)[C@@H]1c1ccc(Br)cc1. The summed E-state index contributed by atoms with van der Waals surface area (Å²) in [6.07, 6.45) is 3.65. The summed E-state index contributed by atoms with van der Waals surface area (Å²) in [5.74, 6) is 0.0858. The van der Waals surface area contributed by atoms with Crippen LogP contribution in [0.1, 0.15) is 37.8 Å². The first-order valence-corrected chi connectivity index (χ1v) is 12.0. The summed E-state index contributed by atoms with van der Waals surface area (Å²) in [5.41, 5.74) is 6.25. The lowest BCUT2D eigenvalue weighted by Gasteiger charge is -2.29. The molecule has 0 aromatic heterocycles. The Bertz CT molecular complexity index is 960. The minimum Gasteiger partial charge on any atom is -0.308 e. The van der Waals surface area contributed by atoms with E-state index in [0.29, 0.717) is 15.0 Å². The van der Waals surface area contributed by atoms with Crippen LogP contribution in [0.25, 0.3) is 0 Å². The molecule has 1 fully saturated rings. The van der Waals surface area contributed by atoms with Crippen LogP contribution in [0.2, 0.25) is 10.0 Å². The fourth-order valence-electron chi connectivity index (χ4n) is 4.05. The van der Waals surface area contributed by atoms with E-state index in [1.165, 1.54) is 19.3 Å². The van der Waals surface area contributed by atoms with E-state index in [0.717, 1.165) is 34.5 Å². The van der Waals surface area contributed by atoms with Crippen molar-refractivity contribution in [2.24, 2.45) is 11.0 Å². The third-order valence-corrected chi connectivity index (χ3v) is 6.97. The first kappa shape index (κ1) is 22.0. The molecule has 2 heterocycles. The van der Waals surface area contributed by atoms with Crippen molar-refractivity contribution in [3.63, 3.8) is 0 Å². The Morgan fingerprint density at radius 3 is 2.47 bits per heavy atom. The molecule has 4 nitrogen and oxygen atoms in total. The monoisotopic (exact) mass is 524 g/mol. The molecule has 0 unspecified atom stereocenters. The Kier molecular flexibility index (Phi) is 7.00. The quantitative estimate of drug-likeness (QED) is 0.454. The number of piperidine rings is 1. The van der Waals surface area contributed by atoms with Gasteiger partial charge in [0.1, 0.15) is 10.7 Å². The molecule has 0 radical (unpaired) electrons. The van der Waals surface area contributed by atoms with Gasteiger partial charge in [-0.15, -0.1) is 0 Å². The van der Waals surface area contributed by atoms with E-state index >= 15 is 0 Å². The van der Waals surface area contributed by atoms with E-state index in [2.05, 4.69) is 45.4 Å². The van der Waals surface area contributed by atoms with Gasteiger partial charge in [-0.3, -0.25) is 5.01 Å². The molecule has 2 atom stereocenters. The van der Waals surface area contributed by atoms with Crippen molar-refractivity contribution in [2.75, 3.05) is 18.1 Å². The van der Waals surface area contributed by atoms with E-state index in [9.17, 15) is 0 Å². The fourth-order valence-corrected chi connectivity index (χ4v) is 5.17. The molecule has 2 aliphatic heterocycles. The Morgan fingerprint density at radius 2 is 1.80 bits per heavy atom. The lowest BCUT2D eigenvalue weighted by atomic mass is 9.91. The summed E-state index contributed by atoms with van der Waals surface area (Å²) in [4.78, 5) is 0.680. The van der Waals surface area contributed by atoms with Crippen LogP contribution in [-0.2, 0) is 0 Å². The van der Waals surface area contributed by atoms with Gasteiger partial charge in [0.25, 0.3) is 0 Å². The largest absolute Gasteiger partial charge is 0.308 e. The number of thiocarbonyl (C=S) groups is 1. The minimum atomic E-state index is -0.0205. The number of benzene rings is 2. The van der Waals surface area contributed by atoms with Gasteiger partial charge in [0.15, 0.2) is 0 Å². The van der Waals surface area contributed by atoms with Crippen molar-refractivity contribution < 1.29 is 0 Å². The van der Waals surface area contributed by atoms with Gasteiger partial charge >= 0.3 is 0 Å². The average Bonchev–Trinajstić information content (AvgIpc) is 3.06. The molecule has 2 aromatic rings. The summed E-state index contributed by atoms with van der Waals surface area (Å²) in [7, 11) is 0. The molecule has 0 aliphatic carbocycles. The molecule has 1 N–H and O–H groups in total. The van der Waals surface area contributed by atoms with Crippen molar-refractivity contribution >= 4 is 67.7 Å². The summed E-state index contributed by atoms with van der Waals surface area (Å²) in [6, 6.07) is 13.8. The van der Waals surface area contributed by atoms with Crippen LogP contribution in [0, 0.1) is 5.92 Å². The molecule has 2 aliphatic rings. The number of anilines is 1. The van der Waals surface area contributed by atoms with Crippen molar-refractivity contribution in [3.8, 4) is 0 Å². The lowest BCUT2D eigenvalue weighted by Crippen LogP contribution is -2.47. The first-order chi connectivity index (χ1) is 14.4. The number of nitrogens with zero attached hydrogens (tertiary/aromatic N) is 3. The van der Waals surface area contributed by atoms with Gasteiger partial charge in [-0.1, -0.05) is 76.8 Å². The van der Waals surface area contributed by atoms with E-state index < -0.39 is 0 Å². The van der Waals surface area contributed by atoms with Crippen molar-refractivity contribution in [2.45, 2.75) is 32.2 Å². The number of hydrogen-bond acceptors (Lipinski definition) is 4. The number of nitrogens with one attached hydrogen (secondary N) is 1. The third-order valence-electron chi connectivity index (χ3n) is 5.60. The molecule has 2 aromatic carbocycles. The topological polar surface area (TPSA) is 30.9 Å². The van der Waals surface area contributed by atoms with E-state index in [1.54, 1.807) is 6.07 Å². The molecule has 4 rings (SSSR count). The zero-order chi connectivity index (χ0) is 21.3. The summed E-state index contributed by atoms with van der Waals surface area (Å²) >= 11 is 22.0. The zero-order valence-corrected chi connectivity index (χ0v) is 20.5. The zero-order valence-electron chi connectivity index (χ0n) is 16.6. The Balaban J connectivity index is 1.68. The fraction of sp³-hybridized carbons (Fsp3) is 0.364. The maximum atomic E-state index is 6.56. The molecule has 158 valence electrons. The average molecular weight is 526 g/mol. The van der Waals surface area contributed by atoms with Crippen molar-refractivity contribution in [1.29, 1.82) is 0 Å². The smallest absolute Gasteiger partial charge is 0.137 e. The Morgan fingerprint density at radius 1 is 1.10 bits per heavy atom. The van der Waals surface area contributed by atoms with E-state index in [-0.39, 0.29) is 12.0 Å². The van der Waals surface area contributed by atoms with Gasteiger partial charge in [0, 0.05) is 28.5 Å². The van der Waals surface area contributed by atoms with Crippen LogP contribution < -0.4 is 10.4 Å². The second-order valence-corrected chi connectivity index (χ2v) is 9.87. The molecule has 30 heavy (non-hydrogen) atoms. The molecule has 0 saturated carbocycles. The molecule has 0 amide bonds. The molecular weight excluding hydrogens is 503 g/mol. The maximum Gasteiger partial charge on any atom is 0.137 e. The summed E-state index contributed by atoms with van der Waals surface area (Å²) in [6.45, 7) is 4.18. The van der Waals surface area contributed by atoms with Crippen molar-refractivity contribution in [3.05, 3.63) is 62.5 Å². The van der Waals surface area contributed by atoms with Crippen LogP contribution >= 0.6 is 51.3 Å². The number of hydrazone groups is 1. The van der Waals surface area contributed by atoms with E-state index in [1.807, 2.05) is 29.3 Å². The predicted molar refractivity (Wildman–Crippen MR) is 134 cm³/mol. The second-order valence-electron chi connectivity index (χ2n) is 7.70. The van der Waals surface area contributed by atoms with Crippen LogP contribution in [-0.4, -0.2) is 28.8 Å². The molecule has 1 saturated heterocycles. The third kappa shape index (κ3) is 4.68. The molecule has 0 bridgehead atoms. The van der Waals surface area contributed by atoms with Crippen molar-refractivity contribution in [1.82, 2.24) is 10.4 Å². The van der Waals surface area contributed by atoms with Crippen LogP contribution in [0.15, 0.2) is 52.0 Å². The highest BCUT2D eigenvalue weighted by molar-refractivity contribution is 9.10. The molecular formula is C22H23BrCl2N4S.